The Balaban J connectivity index is 2.89. The van der Waals surface area contributed by atoms with E-state index in [0.29, 0.717) is 6.54 Å². The van der Waals surface area contributed by atoms with Gasteiger partial charge in [0.25, 0.3) is 0 Å². The molecule has 0 radical (unpaired) electrons. The smallest absolute Gasteiger partial charge is 0.00397 e. The number of allylic oxidation sites excluding steroid dienone is 5. The molecular formula is C20H33N. The van der Waals surface area contributed by atoms with Gasteiger partial charge in [-0.1, -0.05) is 35.5 Å². The van der Waals surface area contributed by atoms with Crippen molar-refractivity contribution in [2.45, 2.75) is 66.2 Å². The van der Waals surface area contributed by atoms with Crippen LogP contribution in [0.25, 0.3) is 0 Å². The molecule has 1 heteroatoms. The van der Waals surface area contributed by atoms with Crippen molar-refractivity contribution in [2.75, 3.05) is 6.54 Å². The lowest BCUT2D eigenvalue weighted by molar-refractivity contribution is 0.406. The maximum atomic E-state index is 5.72. The quantitative estimate of drug-likeness (QED) is 0.492. The third-order valence-electron chi connectivity index (χ3n) is 4.80. The van der Waals surface area contributed by atoms with Crippen LogP contribution in [0.4, 0.5) is 0 Å². The topological polar surface area (TPSA) is 26.0 Å². The fraction of sp³-hybridized carbons (Fsp3) is 0.600. The van der Waals surface area contributed by atoms with Crippen LogP contribution in [0.2, 0.25) is 0 Å². The lowest BCUT2D eigenvalue weighted by atomic mass is 9.81. The summed E-state index contributed by atoms with van der Waals surface area (Å²) in [6, 6.07) is 0. The van der Waals surface area contributed by atoms with Crippen LogP contribution in [0.1, 0.15) is 66.2 Å². The molecule has 1 nitrogen and oxygen atoms in total. The van der Waals surface area contributed by atoms with E-state index in [-0.39, 0.29) is 0 Å². The Bertz CT molecular complexity index is 452. The Labute approximate surface area is 131 Å². The van der Waals surface area contributed by atoms with Crippen LogP contribution in [0.3, 0.4) is 0 Å². The van der Waals surface area contributed by atoms with Crippen LogP contribution in [0.5, 0.6) is 0 Å². The van der Waals surface area contributed by atoms with Crippen LogP contribution in [0, 0.1) is 5.92 Å². The third kappa shape index (κ3) is 5.32. The molecule has 0 saturated heterocycles. The number of hydrogen-bond acceptors (Lipinski definition) is 1. The zero-order valence-corrected chi connectivity index (χ0v) is 14.5. The Hall–Kier alpha value is -1.08. The van der Waals surface area contributed by atoms with Crippen LogP contribution in [-0.2, 0) is 0 Å². The summed E-state index contributed by atoms with van der Waals surface area (Å²) in [6.45, 7) is 17.8. The highest BCUT2D eigenvalue weighted by molar-refractivity contribution is 5.48. The molecule has 0 aromatic rings. The second-order valence-electron chi connectivity index (χ2n) is 6.78. The van der Waals surface area contributed by atoms with Gasteiger partial charge in [0.05, 0.1) is 0 Å². The predicted octanol–water partition coefficient (Wildman–Crippen LogP) is 5.70. The van der Waals surface area contributed by atoms with Gasteiger partial charge in [0.15, 0.2) is 0 Å². The van der Waals surface area contributed by atoms with Crippen molar-refractivity contribution in [3.05, 3.63) is 46.6 Å². The first-order valence-corrected chi connectivity index (χ1v) is 8.25. The molecule has 1 aliphatic rings. The van der Waals surface area contributed by atoms with Gasteiger partial charge in [0, 0.05) is 0 Å². The number of rotatable bonds is 6. The molecule has 0 aliphatic heterocycles. The normalized spacial score (nSPS) is 19.2. The standard InChI is InChI=1S/C20H33N/c1-14(2)20(16(4)11-12-21)18(6)17(5)13-19-9-7-15(3)8-10-19/h19H,1,3,7-13,21H2,2,4-6H3/b18-17+,20-16+. The molecule has 1 saturated carbocycles. The SMILES string of the molecule is C=C1CCC(C/C(C)=C(C)/C(C(=C)C)=C(\C)CCN)CC1. The summed E-state index contributed by atoms with van der Waals surface area (Å²) in [5.74, 6) is 0.826. The van der Waals surface area contributed by atoms with Crippen molar-refractivity contribution >= 4 is 0 Å². The molecule has 21 heavy (non-hydrogen) atoms. The molecule has 0 heterocycles. The van der Waals surface area contributed by atoms with Crippen molar-refractivity contribution in [2.24, 2.45) is 11.7 Å². The second kappa shape index (κ2) is 8.38. The lowest BCUT2D eigenvalue weighted by Gasteiger charge is -2.25. The van der Waals surface area contributed by atoms with E-state index >= 15 is 0 Å². The first-order valence-electron chi connectivity index (χ1n) is 8.25. The molecule has 0 amide bonds. The van der Waals surface area contributed by atoms with Gasteiger partial charge in [-0.15, -0.1) is 0 Å². The molecule has 0 aromatic heterocycles. The zero-order chi connectivity index (χ0) is 16.0. The van der Waals surface area contributed by atoms with E-state index in [1.807, 2.05) is 0 Å². The van der Waals surface area contributed by atoms with Crippen LogP contribution in [0.15, 0.2) is 46.6 Å². The molecule has 1 aliphatic carbocycles. The van der Waals surface area contributed by atoms with Gasteiger partial charge in [0.2, 0.25) is 0 Å². The fourth-order valence-corrected chi connectivity index (χ4v) is 3.44. The average Bonchev–Trinajstić information content (AvgIpc) is 2.41. The minimum Gasteiger partial charge on any atom is -0.330 e. The predicted molar refractivity (Wildman–Crippen MR) is 95.3 cm³/mol. The molecule has 0 bridgehead atoms. The van der Waals surface area contributed by atoms with E-state index in [1.54, 1.807) is 0 Å². The maximum Gasteiger partial charge on any atom is -0.00397 e. The fourth-order valence-electron chi connectivity index (χ4n) is 3.44. The van der Waals surface area contributed by atoms with Gasteiger partial charge in [-0.05, 0) is 89.8 Å². The maximum absolute atomic E-state index is 5.72. The first-order chi connectivity index (χ1) is 9.86. The van der Waals surface area contributed by atoms with Crippen molar-refractivity contribution in [3.63, 3.8) is 0 Å². The molecule has 2 N–H and O–H groups in total. The molecule has 0 spiro atoms. The van der Waals surface area contributed by atoms with Crippen molar-refractivity contribution < 1.29 is 0 Å². The van der Waals surface area contributed by atoms with Gasteiger partial charge in [-0.25, -0.2) is 0 Å². The Morgan fingerprint density at radius 1 is 1.10 bits per heavy atom. The van der Waals surface area contributed by atoms with E-state index in [9.17, 15) is 0 Å². The minimum atomic E-state index is 0.708. The summed E-state index contributed by atoms with van der Waals surface area (Å²) in [7, 11) is 0. The largest absolute Gasteiger partial charge is 0.330 e. The van der Waals surface area contributed by atoms with E-state index in [2.05, 4.69) is 40.9 Å². The second-order valence-corrected chi connectivity index (χ2v) is 6.78. The summed E-state index contributed by atoms with van der Waals surface area (Å²) >= 11 is 0. The summed E-state index contributed by atoms with van der Waals surface area (Å²) in [5.41, 5.74) is 14.0. The molecule has 0 atom stereocenters. The Kier molecular flexibility index (Phi) is 7.17. The highest BCUT2D eigenvalue weighted by atomic mass is 14.5. The van der Waals surface area contributed by atoms with E-state index < -0.39 is 0 Å². The molecule has 1 fully saturated rings. The van der Waals surface area contributed by atoms with Crippen molar-refractivity contribution in [3.8, 4) is 0 Å². The van der Waals surface area contributed by atoms with Crippen LogP contribution in [-0.4, -0.2) is 6.54 Å². The van der Waals surface area contributed by atoms with Gasteiger partial charge in [-0.2, -0.15) is 0 Å². The Morgan fingerprint density at radius 2 is 1.67 bits per heavy atom. The van der Waals surface area contributed by atoms with Gasteiger partial charge in [-0.3, -0.25) is 0 Å². The molecule has 0 aromatic carbocycles. The first kappa shape index (κ1) is 18.0. The van der Waals surface area contributed by atoms with Gasteiger partial charge < -0.3 is 5.73 Å². The van der Waals surface area contributed by atoms with Crippen LogP contribution >= 0.6 is 0 Å². The van der Waals surface area contributed by atoms with Gasteiger partial charge >= 0.3 is 0 Å². The third-order valence-corrected chi connectivity index (χ3v) is 4.80. The molecular weight excluding hydrogens is 254 g/mol. The highest BCUT2D eigenvalue weighted by Crippen LogP contribution is 2.34. The van der Waals surface area contributed by atoms with E-state index in [1.165, 1.54) is 60.0 Å². The molecule has 0 unspecified atom stereocenters. The zero-order valence-electron chi connectivity index (χ0n) is 14.5. The van der Waals surface area contributed by atoms with Crippen LogP contribution < -0.4 is 5.73 Å². The summed E-state index contributed by atoms with van der Waals surface area (Å²) in [4.78, 5) is 0. The van der Waals surface area contributed by atoms with E-state index in [0.717, 1.165) is 17.9 Å². The monoisotopic (exact) mass is 287 g/mol. The van der Waals surface area contributed by atoms with Gasteiger partial charge in [0.1, 0.15) is 0 Å². The summed E-state index contributed by atoms with van der Waals surface area (Å²) in [6.07, 6.45) is 7.20. The molecule has 1 rings (SSSR count). The van der Waals surface area contributed by atoms with E-state index in [4.69, 9.17) is 5.73 Å². The average molecular weight is 287 g/mol. The van der Waals surface area contributed by atoms with Crippen molar-refractivity contribution in [1.82, 2.24) is 0 Å². The number of nitrogens with two attached hydrogens (primary N) is 1. The summed E-state index contributed by atoms with van der Waals surface area (Å²) in [5, 5.41) is 0. The lowest BCUT2D eigenvalue weighted by Crippen LogP contribution is -2.09. The molecule has 118 valence electrons. The minimum absolute atomic E-state index is 0.708. The summed E-state index contributed by atoms with van der Waals surface area (Å²) < 4.78 is 0. The highest BCUT2D eigenvalue weighted by Gasteiger charge is 2.17. The van der Waals surface area contributed by atoms with Crippen molar-refractivity contribution in [1.29, 1.82) is 0 Å². The number of hydrogen-bond donors (Lipinski definition) is 1. The Morgan fingerprint density at radius 3 is 2.14 bits per heavy atom.